The Kier molecular flexibility index (Phi) is 6.05. The monoisotopic (exact) mass is 487 g/mol. The average molecular weight is 488 g/mol. The zero-order valence-electron chi connectivity index (χ0n) is 21.2. The Hall–Kier alpha value is -3.35. The SMILES string of the molecule is CC(=O)[C@@H](OC(C)(C)C)c1c(C)cc2c(F)c(CO)ccc2c1-c1ccc2c3c(ccnc13)CCO2. The van der Waals surface area contributed by atoms with E-state index in [9.17, 15) is 9.90 Å². The number of ketones is 1. The first-order valence-corrected chi connectivity index (χ1v) is 12.2. The Morgan fingerprint density at radius 3 is 2.67 bits per heavy atom. The second kappa shape index (κ2) is 8.95. The molecule has 0 bridgehead atoms. The van der Waals surface area contributed by atoms with Crippen molar-refractivity contribution in [2.75, 3.05) is 6.61 Å². The van der Waals surface area contributed by atoms with Gasteiger partial charge in [0.25, 0.3) is 0 Å². The number of halogens is 1. The molecule has 1 atom stereocenters. The molecule has 0 radical (unpaired) electrons. The summed E-state index contributed by atoms with van der Waals surface area (Å²) in [6, 6.07) is 11.0. The van der Waals surface area contributed by atoms with Crippen molar-refractivity contribution in [1.29, 1.82) is 0 Å². The highest BCUT2D eigenvalue weighted by molar-refractivity contribution is 6.09. The number of aliphatic hydroxyl groups is 1. The average Bonchev–Trinajstić information content (AvgIpc) is 2.83. The van der Waals surface area contributed by atoms with Crippen LogP contribution in [-0.2, 0) is 22.6 Å². The van der Waals surface area contributed by atoms with Gasteiger partial charge in [0, 0.05) is 34.5 Å². The Labute approximate surface area is 209 Å². The number of fused-ring (bicyclic) bond motifs is 1. The highest BCUT2D eigenvalue weighted by Gasteiger charge is 2.31. The molecule has 3 aromatic carbocycles. The van der Waals surface area contributed by atoms with Crippen LogP contribution in [0.1, 0.15) is 56.1 Å². The van der Waals surface area contributed by atoms with Crippen molar-refractivity contribution in [3.8, 4) is 16.9 Å². The second-order valence-corrected chi connectivity index (χ2v) is 10.4. The summed E-state index contributed by atoms with van der Waals surface area (Å²) in [5.74, 6) is 0.158. The van der Waals surface area contributed by atoms with Crippen LogP contribution >= 0.6 is 0 Å². The minimum absolute atomic E-state index is 0.139. The van der Waals surface area contributed by atoms with Crippen LogP contribution in [0.4, 0.5) is 4.39 Å². The van der Waals surface area contributed by atoms with Crippen molar-refractivity contribution in [2.45, 2.75) is 59.4 Å². The van der Waals surface area contributed by atoms with Gasteiger partial charge in [0.2, 0.25) is 0 Å². The number of aromatic nitrogens is 1. The Morgan fingerprint density at radius 1 is 1.19 bits per heavy atom. The molecule has 1 aliphatic rings. The number of ether oxygens (including phenoxy) is 2. The molecule has 6 heteroatoms. The van der Waals surface area contributed by atoms with Crippen molar-refractivity contribution < 1.29 is 23.8 Å². The third-order valence-electron chi connectivity index (χ3n) is 6.70. The molecule has 186 valence electrons. The molecule has 36 heavy (non-hydrogen) atoms. The highest BCUT2D eigenvalue weighted by atomic mass is 19.1. The van der Waals surface area contributed by atoms with E-state index in [4.69, 9.17) is 14.5 Å². The minimum Gasteiger partial charge on any atom is -0.493 e. The predicted molar refractivity (Wildman–Crippen MR) is 139 cm³/mol. The smallest absolute Gasteiger partial charge is 0.163 e. The van der Waals surface area contributed by atoms with Crippen molar-refractivity contribution in [3.63, 3.8) is 0 Å². The van der Waals surface area contributed by atoms with Gasteiger partial charge < -0.3 is 14.6 Å². The largest absolute Gasteiger partial charge is 0.493 e. The van der Waals surface area contributed by atoms with Gasteiger partial charge in [-0.1, -0.05) is 12.1 Å². The number of benzene rings is 3. The van der Waals surface area contributed by atoms with Crippen LogP contribution in [0, 0.1) is 12.7 Å². The first-order chi connectivity index (χ1) is 17.1. The Morgan fingerprint density at radius 2 is 1.97 bits per heavy atom. The maximum Gasteiger partial charge on any atom is 0.163 e. The third kappa shape index (κ3) is 4.04. The maximum atomic E-state index is 15.5. The third-order valence-corrected chi connectivity index (χ3v) is 6.70. The van der Waals surface area contributed by atoms with E-state index < -0.39 is 24.1 Å². The minimum atomic E-state index is -0.855. The van der Waals surface area contributed by atoms with E-state index in [0.717, 1.165) is 39.8 Å². The molecule has 0 spiro atoms. The fraction of sp³-hybridized carbons (Fsp3) is 0.333. The molecule has 5 nitrogen and oxygen atoms in total. The number of Topliss-reactive ketones (excluding diaryl/α,β-unsaturated/α-hetero) is 1. The molecular formula is C30H30FNO4. The molecule has 0 amide bonds. The molecule has 5 rings (SSSR count). The Balaban J connectivity index is 1.94. The standard InChI is InChI=1S/C30H30FNO4/c1-16-14-22-20(7-6-19(15-33)27(22)31)26(24(16)29(17(2)34)36-30(3,4)5)21-8-9-23-25-18(11-13-35-23)10-12-32-28(21)25/h6-10,12,14,29,33H,11,13,15H2,1-5H3/t29-/m1/s1. The van der Waals surface area contributed by atoms with E-state index in [1.165, 1.54) is 6.92 Å². The second-order valence-electron chi connectivity index (χ2n) is 10.4. The molecule has 0 fully saturated rings. The number of hydrogen-bond donors (Lipinski definition) is 1. The zero-order valence-corrected chi connectivity index (χ0v) is 21.2. The van der Waals surface area contributed by atoms with Gasteiger partial charge in [0.1, 0.15) is 17.7 Å². The summed E-state index contributed by atoms with van der Waals surface area (Å²) < 4.78 is 27.8. The van der Waals surface area contributed by atoms with Gasteiger partial charge >= 0.3 is 0 Å². The molecule has 1 N–H and O–H groups in total. The number of aliphatic hydroxyl groups excluding tert-OH is 1. The van der Waals surface area contributed by atoms with Crippen LogP contribution in [0.2, 0.25) is 0 Å². The maximum absolute atomic E-state index is 15.5. The van der Waals surface area contributed by atoms with Crippen LogP contribution in [0.15, 0.2) is 42.6 Å². The molecule has 0 saturated heterocycles. The lowest BCUT2D eigenvalue weighted by Gasteiger charge is -2.30. The van der Waals surface area contributed by atoms with Crippen LogP contribution in [0.25, 0.3) is 32.8 Å². The molecule has 1 aromatic heterocycles. The topological polar surface area (TPSA) is 68.7 Å². The fourth-order valence-corrected chi connectivity index (χ4v) is 5.19. The van der Waals surface area contributed by atoms with Gasteiger partial charge in [0.05, 0.1) is 24.3 Å². The molecule has 4 aromatic rings. The van der Waals surface area contributed by atoms with E-state index in [0.29, 0.717) is 28.5 Å². The quantitative estimate of drug-likeness (QED) is 0.354. The predicted octanol–water partition coefficient (Wildman–Crippen LogP) is 6.37. The summed E-state index contributed by atoms with van der Waals surface area (Å²) in [5, 5.41) is 11.6. The summed E-state index contributed by atoms with van der Waals surface area (Å²) in [6.45, 7) is 9.32. The number of pyridine rings is 1. The van der Waals surface area contributed by atoms with Gasteiger partial charge in [-0.05, 0) is 86.5 Å². The van der Waals surface area contributed by atoms with Crippen LogP contribution in [0.5, 0.6) is 5.75 Å². The van der Waals surface area contributed by atoms with Crippen molar-refractivity contribution in [2.24, 2.45) is 0 Å². The number of rotatable bonds is 5. The summed E-state index contributed by atoms with van der Waals surface area (Å²) >= 11 is 0. The molecule has 2 heterocycles. The van der Waals surface area contributed by atoms with Gasteiger partial charge in [-0.3, -0.25) is 9.78 Å². The lowest BCUT2D eigenvalue weighted by molar-refractivity contribution is -0.138. The highest BCUT2D eigenvalue weighted by Crippen LogP contribution is 2.45. The van der Waals surface area contributed by atoms with Crippen molar-refractivity contribution in [3.05, 3.63) is 70.7 Å². The van der Waals surface area contributed by atoms with Crippen LogP contribution in [-0.4, -0.2) is 28.1 Å². The van der Waals surface area contributed by atoms with Crippen molar-refractivity contribution >= 4 is 27.5 Å². The molecule has 0 unspecified atom stereocenters. The van der Waals surface area contributed by atoms with Gasteiger partial charge in [-0.15, -0.1) is 0 Å². The first kappa shape index (κ1) is 24.3. The molecular weight excluding hydrogens is 457 g/mol. The summed E-state index contributed by atoms with van der Waals surface area (Å²) in [4.78, 5) is 17.8. The lowest BCUT2D eigenvalue weighted by Crippen LogP contribution is -2.27. The molecule has 0 aliphatic carbocycles. The fourth-order valence-electron chi connectivity index (χ4n) is 5.19. The summed E-state index contributed by atoms with van der Waals surface area (Å²) in [5.41, 5.74) is 4.43. The van der Waals surface area contributed by atoms with Crippen molar-refractivity contribution in [1.82, 2.24) is 4.98 Å². The molecule has 1 aliphatic heterocycles. The number of carbonyl (C=O) groups is 1. The van der Waals surface area contributed by atoms with E-state index in [2.05, 4.69) is 0 Å². The Bertz CT molecular complexity index is 1510. The van der Waals surface area contributed by atoms with Crippen LogP contribution < -0.4 is 4.74 Å². The van der Waals surface area contributed by atoms with Crippen LogP contribution in [0.3, 0.4) is 0 Å². The van der Waals surface area contributed by atoms with E-state index in [1.54, 1.807) is 18.3 Å². The summed E-state index contributed by atoms with van der Waals surface area (Å²) in [6.07, 6.45) is 1.70. The number of carbonyl (C=O) groups excluding carboxylic acids is 1. The van der Waals surface area contributed by atoms with E-state index in [-0.39, 0.29) is 11.3 Å². The van der Waals surface area contributed by atoms with E-state index in [1.807, 2.05) is 52.0 Å². The lowest BCUT2D eigenvalue weighted by atomic mass is 9.84. The van der Waals surface area contributed by atoms with Gasteiger partial charge in [-0.25, -0.2) is 4.39 Å². The zero-order chi connectivity index (χ0) is 25.8. The number of aryl methyl sites for hydroxylation is 1. The van der Waals surface area contributed by atoms with E-state index >= 15 is 4.39 Å². The van der Waals surface area contributed by atoms with Gasteiger partial charge in [0.15, 0.2) is 5.78 Å². The summed E-state index contributed by atoms with van der Waals surface area (Å²) in [7, 11) is 0. The number of hydrogen-bond acceptors (Lipinski definition) is 5. The molecule has 0 saturated carbocycles. The normalized spacial score (nSPS) is 14.2. The number of nitrogens with zero attached hydrogens (tertiary/aromatic N) is 1. The first-order valence-electron chi connectivity index (χ1n) is 12.2. The van der Waals surface area contributed by atoms with Gasteiger partial charge in [-0.2, -0.15) is 0 Å².